The normalized spacial score (nSPS) is 10.5. The Labute approximate surface area is 129 Å². The Morgan fingerprint density at radius 3 is 2.39 bits per heavy atom. The van der Waals surface area contributed by atoms with Crippen molar-refractivity contribution >= 4 is 33.9 Å². The fraction of sp³-hybridized carbons (Fsp3) is 0.231. The molecule has 1 aromatic carbocycles. The van der Waals surface area contributed by atoms with Crippen molar-refractivity contribution in [3.8, 4) is 0 Å². The summed E-state index contributed by atoms with van der Waals surface area (Å²) in [6.45, 7) is 3.24. The number of ether oxygens (including phenoxy) is 1. The molecule has 0 bridgehead atoms. The van der Waals surface area contributed by atoms with Crippen molar-refractivity contribution in [1.82, 2.24) is 4.98 Å². The monoisotopic (exact) mass is 320 g/mol. The van der Waals surface area contributed by atoms with Gasteiger partial charge in [-0.05, 0) is 25.5 Å². The fourth-order valence-electron chi connectivity index (χ4n) is 2.20. The van der Waals surface area contributed by atoms with Gasteiger partial charge >= 0.3 is 11.7 Å². The van der Waals surface area contributed by atoms with Gasteiger partial charge in [-0.15, -0.1) is 0 Å². The van der Waals surface area contributed by atoms with Gasteiger partial charge in [-0.2, -0.15) is 0 Å². The summed E-state index contributed by atoms with van der Waals surface area (Å²) in [4.78, 5) is 36.3. The molecule has 0 saturated carbocycles. The maximum atomic E-state index is 11.8. The number of esters is 1. The van der Waals surface area contributed by atoms with Crippen LogP contribution in [0.25, 0.3) is 10.9 Å². The Kier molecular flexibility index (Phi) is 4.08. The molecule has 2 aromatic rings. The lowest BCUT2D eigenvalue weighted by molar-refractivity contribution is -0.392. The lowest BCUT2D eigenvalue weighted by atomic mass is 10.0. The second-order valence-electron chi connectivity index (χ2n) is 4.61. The number of carbonyl (C=O) groups excluding carboxylic acids is 1. The summed E-state index contributed by atoms with van der Waals surface area (Å²) in [6.07, 6.45) is 0. The van der Waals surface area contributed by atoms with Gasteiger partial charge < -0.3 is 10.5 Å². The molecule has 120 valence electrons. The first-order valence-corrected chi connectivity index (χ1v) is 6.47. The van der Waals surface area contributed by atoms with Crippen LogP contribution in [0.1, 0.15) is 23.0 Å². The number of aromatic nitrogens is 1. The average Bonchev–Trinajstić information content (AvgIpc) is 2.46. The zero-order valence-electron chi connectivity index (χ0n) is 12.2. The van der Waals surface area contributed by atoms with E-state index >= 15 is 0 Å². The van der Waals surface area contributed by atoms with Crippen molar-refractivity contribution in [3.05, 3.63) is 43.6 Å². The number of nitrogens with zero attached hydrogens (tertiary/aromatic N) is 3. The van der Waals surface area contributed by atoms with E-state index < -0.39 is 27.2 Å². The minimum Gasteiger partial charge on any atom is -0.461 e. The van der Waals surface area contributed by atoms with E-state index in [9.17, 15) is 25.0 Å². The minimum absolute atomic E-state index is 0.0685. The molecule has 0 unspecified atom stereocenters. The van der Waals surface area contributed by atoms with Crippen molar-refractivity contribution in [1.29, 1.82) is 0 Å². The highest BCUT2D eigenvalue weighted by atomic mass is 16.6. The van der Waals surface area contributed by atoms with E-state index in [1.807, 2.05) is 0 Å². The Morgan fingerprint density at radius 2 is 1.87 bits per heavy atom. The second-order valence-corrected chi connectivity index (χ2v) is 4.61. The second kappa shape index (κ2) is 5.83. The molecule has 2 N–H and O–H groups in total. The van der Waals surface area contributed by atoms with Gasteiger partial charge in [0.05, 0.1) is 22.5 Å². The highest BCUT2D eigenvalue weighted by Gasteiger charge is 2.27. The number of non-ortho nitro benzene ring substituents is 1. The van der Waals surface area contributed by atoms with E-state index in [-0.39, 0.29) is 28.9 Å². The van der Waals surface area contributed by atoms with E-state index in [0.29, 0.717) is 5.56 Å². The Hall–Kier alpha value is -3.30. The first-order chi connectivity index (χ1) is 10.8. The van der Waals surface area contributed by atoms with Crippen LogP contribution < -0.4 is 5.73 Å². The van der Waals surface area contributed by atoms with Gasteiger partial charge in [0.1, 0.15) is 11.4 Å². The zero-order valence-corrected chi connectivity index (χ0v) is 12.2. The molecule has 0 saturated heterocycles. The molecule has 0 fully saturated rings. The molecule has 0 amide bonds. The molecule has 0 aliphatic rings. The number of hydrogen-bond acceptors (Lipinski definition) is 8. The third-order valence-electron chi connectivity index (χ3n) is 3.16. The van der Waals surface area contributed by atoms with E-state index in [1.54, 1.807) is 6.92 Å². The van der Waals surface area contributed by atoms with Crippen LogP contribution >= 0.6 is 0 Å². The van der Waals surface area contributed by atoms with Crippen LogP contribution in [0.15, 0.2) is 12.1 Å². The van der Waals surface area contributed by atoms with Crippen molar-refractivity contribution in [3.63, 3.8) is 0 Å². The third kappa shape index (κ3) is 2.73. The molecule has 10 nitrogen and oxygen atoms in total. The van der Waals surface area contributed by atoms with Crippen LogP contribution in [-0.4, -0.2) is 27.4 Å². The Balaban J connectivity index is 2.89. The Morgan fingerprint density at radius 1 is 1.26 bits per heavy atom. The van der Waals surface area contributed by atoms with Gasteiger partial charge in [0.2, 0.25) is 0 Å². The van der Waals surface area contributed by atoms with Crippen LogP contribution in [0, 0.1) is 27.2 Å². The number of pyridine rings is 1. The standard InChI is InChI=1S/C13H12N4O6/c1-3-23-13(18)7-4-6(2)10-11(14)8(16(19)20)5-9(17(21)22)12(10)15-7/h4-5H,3,14H2,1-2H3. The molecule has 0 aliphatic carbocycles. The molecule has 0 aliphatic heterocycles. The predicted octanol–water partition coefficient (Wildman–Crippen LogP) is 2.12. The summed E-state index contributed by atoms with van der Waals surface area (Å²) in [6, 6.07) is 2.06. The molecular weight excluding hydrogens is 308 g/mol. The maximum absolute atomic E-state index is 11.8. The summed E-state index contributed by atoms with van der Waals surface area (Å²) < 4.78 is 4.81. The summed E-state index contributed by atoms with van der Waals surface area (Å²) in [7, 11) is 0. The summed E-state index contributed by atoms with van der Waals surface area (Å²) >= 11 is 0. The summed E-state index contributed by atoms with van der Waals surface area (Å²) in [5, 5.41) is 22.3. The van der Waals surface area contributed by atoms with E-state index in [4.69, 9.17) is 10.5 Å². The van der Waals surface area contributed by atoms with Gasteiger partial charge in [-0.1, -0.05) is 0 Å². The van der Waals surface area contributed by atoms with Gasteiger partial charge in [0, 0.05) is 5.39 Å². The quantitative estimate of drug-likeness (QED) is 0.389. The van der Waals surface area contributed by atoms with Gasteiger partial charge in [-0.3, -0.25) is 20.2 Å². The highest BCUT2D eigenvalue weighted by Crippen LogP contribution is 2.38. The summed E-state index contributed by atoms with van der Waals surface area (Å²) in [5.74, 6) is -0.747. The first kappa shape index (κ1) is 16.1. The molecular formula is C13H12N4O6. The highest BCUT2D eigenvalue weighted by molar-refractivity contribution is 6.04. The molecule has 0 radical (unpaired) electrons. The lowest BCUT2D eigenvalue weighted by Gasteiger charge is -2.09. The van der Waals surface area contributed by atoms with Gasteiger partial charge in [0.15, 0.2) is 5.52 Å². The van der Waals surface area contributed by atoms with Crippen molar-refractivity contribution in [2.24, 2.45) is 0 Å². The fourth-order valence-corrected chi connectivity index (χ4v) is 2.20. The zero-order chi connectivity index (χ0) is 17.3. The number of fused-ring (bicyclic) bond motifs is 1. The number of carbonyl (C=O) groups is 1. The number of benzene rings is 1. The van der Waals surface area contributed by atoms with Crippen LogP contribution in [0.3, 0.4) is 0 Å². The number of hydrogen-bond donors (Lipinski definition) is 1. The topological polar surface area (TPSA) is 151 Å². The maximum Gasteiger partial charge on any atom is 0.356 e. The largest absolute Gasteiger partial charge is 0.461 e. The predicted molar refractivity (Wildman–Crippen MR) is 80.2 cm³/mol. The van der Waals surface area contributed by atoms with Crippen molar-refractivity contribution < 1.29 is 19.4 Å². The number of nitro benzene ring substituents is 2. The van der Waals surface area contributed by atoms with E-state index in [2.05, 4.69) is 4.98 Å². The molecule has 2 rings (SSSR count). The van der Waals surface area contributed by atoms with Gasteiger partial charge in [-0.25, -0.2) is 9.78 Å². The van der Waals surface area contributed by atoms with Crippen molar-refractivity contribution in [2.75, 3.05) is 12.3 Å². The number of rotatable bonds is 4. The SMILES string of the molecule is CCOC(=O)c1cc(C)c2c(N)c([N+](=O)[O-])cc([N+](=O)[O-])c2n1. The summed E-state index contributed by atoms with van der Waals surface area (Å²) in [5.41, 5.74) is 4.35. The molecule has 1 aromatic heterocycles. The molecule has 23 heavy (non-hydrogen) atoms. The number of nitrogen functional groups attached to an aromatic ring is 1. The Bertz CT molecular complexity index is 848. The van der Waals surface area contributed by atoms with Crippen LogP contribution in [0.4, 0.5) is 17.1 Å². The number of nitro groups is 2. The first-order valence-electron chi connectivity index (χ1n) is 6.47. The van der Waals surface area contributed by atoms with Gasteiger partial charge in [0.25, 0.3) is 5.69 Å². The average molecular weight is 320 g/mol. The van der Waals surface area contributed by atoms with E-state index in [0.717, 1.165) is 6.07 Å². The smallest absolute Gasteiger partial charge is 0.356 e. The third-order valence-corrected chi connectivity index (χ3v) is 3.16. The minimum atomic E-state index is -0.809. The number of nitrogens with two attached hydrogens (primary N) is 1. The van der Waals surface area contributed by atoms with Crippen LogP contribution in [0.2, 0.25) is 0 Å². The molecule has 10 heteroatoms. The number of anilines is 1. The molecule has 0 spiro atoms. The van der Waals surface area contributed by atoms with Crippen LogP contribution in [0.5, 0.6) is 0 Å². The molecule has 1 heterocycles. The molecule has 0 atom stereocenters. The van der Waals surface area contributed by atoms with Crippen LogP contribution in [-0.2, 0) is 4.74 Å². The van der Waals surface area contributed by atoms with E-state index in [1.165, 1.54) is 13.0 Å². The number of aryl methyl sites for hydroxylation is 1. The lowest BCUT2D eigenvalue weighted by Crippen LogP contribution is -2.09. The van der Waals surface area contributed by atoms with Crippen molar-refractivity contribution in [2.45, 2.75) is 13.8 Å².